The number of para-hydroxylation sites is 3. The number of aliphatic carboxylic acids is 1. The monoisotopic (exact) mass is 618 g/mol. The van der Waals surface area contributed by atoms with Crippen molar-refractivity contribution in [3.63, 3.8) is 0 Å². The Hall–Kier alpha value is -4.81. The van der Waals surface area contributed by atoms with Gasteiger partial charge < -0.3 is 34.9 Å². The van der Waals surface area contributed by atoms with E-state index >= 15 is 0 Å². The van der Waals surface area contributed by atoms with Crippen LogP contribution in [0.2, 0.25) is 0 Å². The zero-order valence-corrected chi connectivity index (χ0v) is 25.3. The maximum atomic E-state index is 12.6. The fourth-order valence-corrected chi connectivity index (χ4v) is 6.11. The van der Waals surface area contributed by atoms with Gasteiger partial charge in [-0.3, -0.25) is 9.59 Å². The van der Waals surface area contributed by atoms with Gasteiger partial charge >= 0.3 is 5.97 Å². The molecule has 1 aromatic heterocycles. The Morgan fingerprint density at radius 1 is 1.05 bits per heavy atom. The number of carbonyl (C=O) groups is 2. The summed E-state index contributed by atoms with van der Waals surface area (Å²) in [7, 11) is 2.70. The summed E-state index contributed by atoms with van der Waals surface area (Å²) in [5.74, 6) is 0.424. The smallest absolute Gasteiger partial charge is 0.352 e. The van der Waals surface area contributed by atoms with Crippen LogP contribution < -0.4 is 20.3 Å². The minimum atomic E-state index is -1.08. The van der Waals surface area contributed by atoms with E-state index in [1.165, 1.54) is 11.8 Å². The number of ether oxygens (including phenoxy) is 2. The third kappa shape index (κ3) is 7.57. The van der Waals surface area contributed by atoms with Gasteiger partial charge in [-0.05, 0) is 43.3 Å². The summed E-state index contributed by atoms with van der Waals surface area (Å²) in [5.41, 5.74) is 1.60. The number of hydrogen-bond acceptors (Lipinski definition) is 9. The Balaban J connectivity index is 0.00000216. The molecule has 3 aromatic carbocycles. The number of aliphatic hydroxyl groups is 1. The van der Waals surface area contributed by atoms with E-state index in [2.05, 4.69) is 15.3 Å². The van der Waals surface area contributed by atoms with Crippen LogP contribution in [0.3, 0.4) is 0 Å². The van der Waals surface area contributed by atoms with E-state index in [1.54, 1.807) is 60.5 Å². The molecule has 1 aliphatic heterocycles. The molecule has 2 unspecified atom stereocenters. The van der Waals surface area contributed by atoms with Crippen molar-refractivity contribution in [2.45, 2.75) is 18.3 Å². The quantitative estimate of drug-likeness (QED) is 0.208. The zero-order chi connectivity index (χ0) is 31.6. The lowest BCUT2D eigenvalue weighted by molar-refractivity contribution is -0.134. The topological polar surface area (TPSA) is 154 Å². The largest absolute Gasteiger partial charge is 0.488 e. The second-order valence-corrected chi connectivity index (χ2v) is 10.8. The number of nitrogens with zero attached hydrogens (tertiary/aromatic N) is 2. The van der Waals surface area contributed by atoms with Crippen LogP contribution in [0.1, 0.15) is 6.92 Å². The van der Waals surface area contributed by atoms with Crippen molar-refractivity contribution in [3.8, 4) is 22.9 Å². The fourth-order valence-electron chi connectivity index (χ4n) is 4.83. The standard InChI is InChI=1S/C31H30N4O6S.CH4O/c1-19(32-26(36)17-40-21-10-4-3-5-11-21)30-35(2)27(31(38)39)20(18-42-30)16-41-25-15-9-7-13-23(25)28-33-24-14-8-6-12-22(24)29(37)34-28;1-2/h3-15,19,30H,16-18H2,1-2H3,(H,32,36)(H,38,39)(H,33,34,37);2H,1H3. The molecular weight excluding hydrogens is 584 g/mol. The van der Waals surface area contributed by atoms with Crippen molar-refractivity contribution in [1.82, 2.24) is 20.2 Å². The Morgan fingerprint density at radius 2 is 1.73 bits per heavy atom. The molecule has 0 spiro atoms. The minimum absolute atomic E-state index is 0.0200. The lowest BCUT2D eigenvalue weighted by Crippen LogP contribution is -2.51. The highest BCUT2D eigenvalue weighted by Gasteiger charge is 2.34. The summed E-state index contributed by atoms with van der Waals surface area (Å²) >= 11 is 1.51. The third-order valence-corrected chi connectivity index (χ3v) is 8.37. The number of aromatic nitrogens is 2. The maximum Gasteiger partial charge on any atom is 0.352 e. The van der Waals surface area contributed by atoms with E-state index < -0.39 is 5.97 Å². The van der Waals surface area contributed by atoms with Gasteiger partial charge in [0, 0.05) is 25.5 Å². The van der Waals surface area contributed by atoms with Gasteiger partial charge in [0.15, 0.2) is 6.61 Å². The summed E-state index contributed by atoms with van der Waals surface area (Å²) in [6.07, 6.45) is 0. The first-order chi connectivity index (χ1) is 21.3. The normalized spacial score (nSPS) is 15.2. The average molecular weight is 619 g/mol. The van der Waals surface area contributed by atoms with Crippen molar-refractivity contribution in [3.05, 3.63) is 100 Å². The molecule has 0 aliphatic carbocycles. The van der Waals surface area contributed by atoms with E-state index in [9.17, 15) is 19.5 Å². The fraction of sp³-hybridized carbons (Fsp3) is 0.250. The van der Waals surface area contributed by atoms with Crippen molar-refractivity contribution < 1.29 is 29.3 Å². The first kappa shape index (κ1) is 32.1. The highest BCUT2D eigenvalue weighted by Crippen LogP contribution is 2.33. The van der Waals surface area contributed by atoms with E-state index in [4.69, 9.17) is 14.6 Å². The van der Waals surface area contributed by atoms with Gasteiger partial charge in [-0.1, -0.05) is 42.5 Å². The molecule has 1 aliphatic rings. The Kier molecular flexibility index (Phi) is 11.0. The number of carbonyl (C=O) groups excluding carboxylic acids is 1. The third-order valence-electron chi connectivity index (χ3n) is 6.79. The number of aromatic amines is 1. The van der Waals surface area contributed by atoms with Crippen molar-refractivity contribution in [2.75, 3.05) is 33.1 Å². The van der Waals surface area contributed by atoms with E-state index in [0.29, 0.717) is 45.1 Å². The zero-order valence-electron chi connectivity index (χ0n) is 24.5. The second-order valence-electron chi connectivity index (χ2n) is 9.74. The van der Waals surface area contributed by atoms with Gasteiger partial charge in [0.1, 0.15) is 29.6 Å². The number of nitrogens with one attached hydrogen (secondary N) is 2. The molecule has 44 heavy (non-hydrogen) atoms. The predicted molar refractivity (Wildman–Crippen MR) is 170 cm³/mol. The summed E-state index contributed by atoms with van der Waals surface area (Å²) in [6.45, 7) is 1.71. The minimum Gasteiger partial charge on any atom is -0.488 e. The number of aliphatic hydroxyl groups excluding tert-OH is 1. The number of carboxylic acids is 1. The first-order valence-electron chi connectivity index (χ1n) is 13.7. The average Bonchev–Trinajstić information content (AvgIpc) is 3.04. The molecule has 0 saturated heterocycles. The lowest BCUT2D eigenvalue weighted by atomic mass is 10.1. The molecule has 0 fully saturated rings. The molecule has 4 N–H and O–H groups in total. The molecule has 5 rings (SSSR count). The number of likely N-dealkylation sites (N-methyl/N-ethyl adjacent to an activating group) is 1. The Bertz CT molecular complexity index is 1690. The summed E-state index contributed by atoms with van der Waals surface area (Å²) in [4.78, 5) is 46.6. The van der Waals surface area contributed by atoms with Gasteiger partial charge in [0.05, 0.1) is 27.9 Å². The summed E-state index contributed by atoms with van der Waals surface area (Å²) < 4.78 is 11.7. The lowest BCUT2D eigenvalue weighted by Gasteiger charge is -2.39. The number of benzene rings is 3. The number of H-pyrrole nitrogens is 1. The van der Waals surface area contributed by atoms with Crippen LogP contribution >= 0.6 is 11.8 Å². The van der Waals surface area contributed by atoms with Crippen molar-refractivity contribution in [1.29, 1.82) is 0 Å². The number of thioether (sulfide) groups is 1. The highest BCUT2D eigenvalue weighted by atomic mass is 32.2. The molecule has 230 valence electrons. The molecule has 11 nitrogen and oxygen atoms in total. The molecule has 1 amide bonds. The van der Waals surface area contributed by atoms with Crippen LogP contribution in [0.15, 0.2) is 94.9 Å². The number of carboxylic acid groups (broad SMARTS) is 1. The molecule has 2 atom stereocenters. The molecular formula is C32H34N4O7S. The van der Waals surface area contributed by atoms with Crippen LogP contribution in [0.4, 0.5) is 0 Å². The maximum absolute atomic E-state index is 12.6. The SMILES string of the molecule is CC(NC(=O)COc1ccccc1)C1SCC(COc2ccccc2-c2nc3ccccc3c(=O)[nH]2)=C(C(=O)O)N1C.CO. The van der Waals surface area contributed by atoms with Crippen LogP contribution in [0.25, 0.3) is 22.3 Å². The number of fused-ring (bicyclic) bond motifs is 1. The van der Waals surface area contributed by atoms with Gasteiger partial charge in [-0.15, -0.1) is 11.8 Å². The van der Waals surface area contributed by atoms with Crippen LogP contribution in [0, 0.1) is 0 Å². The number of hydrogen-bond donors (Lipinski definition) is 4. The van der Waals surface area contributed by atoms with Gasteiger partial charge in [0.25, 0.3) is 11.5 Å². The first-order valence-corrected chi connectivity index (χ1v) is 14.8. The highest BCUT2D eigenvalue weighted by molar-refractivity contribution is 8.00. The molecule has 2 heterocycles. The van der Waals surface area contributed by atoms with Gasteiger partial charge in [-0.2, -0.15) is 0 Å². The van der Waals surface area contributed by atoms with E-state index in [-0.39, 0.29) is 41.8 Å². The van der Waals surface area contributed by atoms with Gasteiger partial charge in [0.2, 0.25) is 0 Å². The molecule has 0 saturated carbocycles. The Labute approximate surface area is 258 Å². The summed E-state index contributed by atoms with van der Waals surface area (Å²) in [5, 5.41) is 20.2. The summed E-state index contributed by atoms with van der Waals surface area (Å²) in [6, 6.07) is 22.9. The van der Waals surface area contributed by atoms with Crippen molar-refractivity contribution in [2.24, 2.45) is 0 Å². The van der Waals surface area contributed by atoms with Crippen LogP contribution in [-0.4, -0.2) is 81.5 Å². The molecule has 0 bridgehead atoms. The van der Waals surface area contributed by atoms with Gasteiger partial charge in [-0.25, -0.2) is 9.78 Å². The molecule has 0 radical (unpaired) electrons. The van der Waals surface area contributed by atoms with Crippen molar-refractivity contribution >= 4 is 34.5 Å². The van der Waals surface area contributed by atoms with E-state index in [0.717, 1.165) is 7.11 Å². The Morgan fingerprint density at radius 3 is 2.48 bits per heavy atom. The second kappa shape index (κ2) is 15.1. The molecule has 12 heteroatoms. The number of amides is 1. The number of rotatable bonds is 10. The predicted octanol–water partition coefficient (Wildman–Crippen LogP) is 3.50. The van der Waals surface area contributed by atoms with Crippen LogP contribution in [-0.2, 0) is 9.59 Å². The van der Waals surface area contributed by atoms with Crippen LogP contribution in [0.5, 0.6) is 11.5 Å². The molecule has 4 aromatic rings. The van der Waals surface area contributed by atoms with E-state index in [1.807, 2.05) is 37.3 Å².